The van der Waals surface area contributed by atoms with Crippen LogP contribution in [0.1, 0.15) is 17.5 Å². The van der Waals surface area contributed by atoms with Crippen molar-refractivity contribution in [3.8, 4) is 5.75 Å². The molecular formula is C20H20N2O3S. The fraction of sp³-hybridized carbons (Fsp3) is 0.300. The SMILES string of the molecule is O=C1NC2(CCSC2)C(=O)N1Cc1cccc(OCc2ccccc2)c1. The highest BCUT2D eigenvalue weighted by Gasteiger charge is 2.52. The van der Waals surface area contributed by atoms with Crippen LogP contribution >= 0.6 is 11.8 Å². The standard InChI is InChI=1S/C20H20N2O3S/c23-18-20(9-10-26-14-20)21-19(24)22(18)12-16-7-4-8-17(11-16)25-13-15-5-2-1-3-6-15/h1-8,11H,9-10,12-14H2,(H,21,24). The summed E-state index contributed by atoms with van der Waals surface area (Å²) in [5, 5.41) is 2.90. The third kappa shape index (κ3) is 3.29. The number of thioether (sulfide) groups is 1. The first-order valence-electron chi connectivity index (χ1n) is 8.64. The zero-order valence-corrected chi connectivity index (χ0v) is 15.1. The molecule has 2 fully saturated rings. The van der Waals surface area contributed by atoms with Crippen LogP contribution in [-0.4, -0.2) is 33.9 Å². The molecule has 0 aromatic heterocycles. The van der Waals surface area contributed by atoms with E-state index < -0.39 is 5.54 Å². The first-order valence-corrected chi connectivity index (χ1v) is 9.79. The summed E-state index contributed by atoms with van der Waals surface area (Å²) in [4.78, 5) is 26.4. The fourth-order valence-electron chi connectivity index (χ4n) is 3.31. The van der Waals surface area contributed by atoms with Gasteiger partial charge in [0.2, 0.25) is 0 Å². The predicted octanol–water partition coefficient (Wildman–Crippen LogP) is 3.19. The van der Waals surface area contributed by atoms with E-state index in [2.05, 4.69) is 5.32 Å². The number of ether oxygens (including phenoxy) is 1. The molecule has 2 aliphatic rings. The molecule has 5 nitrogen and oxygen atoms in total. The molecule has 2 heterocycles. The van der Waals surface area contributed by atoms with Crippen molar-refractivity contribution in [2.24, 2.45) is 0 Å². The van der Waals surface area contributed by atoms with Crippen LogP contribution in [-0.2, 0) is 17.9 Å². The molecule has 6 heteroatoms. The van der Waals surface area contributed by atoms with Crippen molar-refractivity contribution in [1.82, 2.24) is 10.2 Å². The molecule has 1 unspecified atom stereocenters. The summed E-state index contributed by atoms with van der Waals surface area (Å²) in [5.74, 6) is 2.18. The Morgan fingerprint density at radius 2 is 1.88 bits per heavy atom. The van der Waals surface area contributed by atoms with Gasteiger partial charge in [-0.3, -0.25) is 9.69 Å². The first kappa shape index (κ1) is 17.0. The number of hydrogen-bond donors (Lipinski definition) is 1. The Morgan fingerprint density at radius 1 is 1.08 bits per heavy atom. The number of rotatable bonds is 5. The number of imide groups is 1. The van der Waals surface area contributed by atoms with Gasteiger partial charge in [-0.2, -0.15) is 11.8 Å². The Morgan fingerprint density at radius 3 is 2.65 bits per heavy atom. The van der Waals surface area contributed by atoms with E-state index in [1.54, 1.807) is 11.8 Å². The summed E-state index contributed by atoms with van der Waals surface area (Å²) >= 11 is 1.71. The van der Waals surface area contributed by atoms with E-state index in [4.69, 9.17) is 4.74 Å². The second-order valence-electron chi connectivity index (χ2n) is 6.63. The van der Waals surface area contributed by atoms with Crippen molar-refractivity contribution in [3.05, 3.63) is 65.7 Å². The van der Waals surface area contributed by atoms with Crippen LogP contribution in [0.25, 0.3) is 0 Å². The monoisotopic (exact) mass is 368 g/mol. The van der Waals surface area contributed by atoms with Crippen molar-refractivity contribution in [2.45, 2.75) is 25.1 Å². The van der Waals surface area contributed by atoms with Crippen molar-refractivity contribution < 1.29 is 14.3 Å². The Kier molecular flexibility index (Phi) is 4.59. The molecule has 3 amide bonds. The summed E-state index contributed by atoms with van der Waals surface area (Å²) < 4.78 is 5.84. The average molecular weight is 368 g/mol. The number of carbonyl (C=O) groups excluding carboxylic acids is 2. The maximum Gasteiger partial charge on any atom is 0.325 e. The number of nitrogens with zero attached hydrogens (tertiary/aromatic N) is 1. The molecule has 134 valence electrons. The second kappa shape index (κ2) is 7.03. The normalized spacial score (nSPS) is 22.1. The van der Waals surface area contributed by atoms with Crippen LogP contribution < -0.4 is 10.1 Å². The summed E-state index contributed by atoms with van der Waals surface area (Å²) in [6.45, 7) is 0.743. The van der Waals surface area contributed by atoms with Gasteiger partial charge >= 0.3 is 6.03 Å². The van der Waals surface area contributed by atoms with E-state index >= 15 is 0 Å². The van der Waals surface area contributed by atoms with Gasteiger partial charge in [0, 0.05) is 5.75 Å². The van der Waals surface area contributed by atoms with Crippen LogP contribution in [0.2, 0.25) is 0 Å². The molecule has 0 radical (unpaired) electrons. The zero-order valence-electron chi connectivity index (χ0n) is 14.3. The Balaban J connectivity index is 1.44. The van der Waals surface area contributed by atoms with Gasteiger partial charge < -0.3 is 10.1 Å². The van der Waals surface area contributed by atoms with Crippen LogP contribution in [0.5, 0.6) is 5.75 Å². The molecule has 1 spiro atoms. The maximum absolute atomic E-state index is 12.7. The summed E-state index contributed by atoms with van der Waals surface area (Å²) in [7, 11) is 0. The Hall–Kier alpha value is -2.47. The quantitative estimate of drug-likeness (QED) is 0.824. The zero-order chi connectivity index (χ0) is 18.0. The van der Waals surface area contributed by atoms with E-state index in [1.807, 2.05) is 54.6 Å². The van der Waals surface area contributed by atoms with E-state index in [0.29, 0.717) is 18.8 Å². The van der Waals surface area contributed by atoms with Gasteiger partial charge in [-0.25, -0.2) is 4.79 Å². The van der Waals surface area contributed by atoms with E-state index in [0.717, 1.165) is 22.6 Å². The largest absolute Gasteiger partial charge is 0.489 e. The summed E-state index contributed by atoms with van der Waals surface area (Å²) in [6.07, 6.45) is 0.707. The highest BCUT2D eigenvalue weighted by Crippen LogP contribution is 2.34. The minimum absolute atomic E-state index is 0.108. The molecule has 0 saturated carbocycles. The minimum atomic E-state index is -0.691. The Bertz CT molecular complexity index is 819. The fourth-order valence-corrected chi connectivity index (χ4v) is 4.63. The van der Waals surface area contributed by atoms with Gasteiger partial charge in [0.05, 0.1) is 6.54 Å². The number of carbonyl (C=O) groups is 2. The molecule has 4 rings (SSSR count). The molecule has 2 aromatic rings. The Labute approximate surface area is 156 Å². The van der Waals surface area contributed by atoms with Crippen molar-refractivity contribution in [1.29, 1.82) is 0 Å². The van der Waals surface area contributed by atoms with E-state index in [1.165, 1.54) is 4.90 Å². The molecule has 1 N–H and O–H groups in total. The topological polar surface area (TPSA) is 58.6 Å². The highest BCUT2D eigenvalue weighted by molar-refractivity contribution is 7.99. The van der Waals surface area contributed by atoms with Crippen LogP contribution in [0, 0.1) is 0 Å². The number of urea groups is 1. The molecule has 2 saturated heterocycles. The van der Waals surface area contributed by atoms with Crippen molar-refractivity contribution in [2.75, 3.05) is 11.5 Å². The van der Waals surface area contributed by atoms with Crippen LogP contribution in [0.3, 0.4) is 0 Å². The lowest BCUT2D eigenvalue weighted by molar-refractivity contribution is -0.130. The van der Waals surface area contributed by atoms with Gasteiger partial charge in [-0.15, -0.1) is 0 Å². The third-order valence-electron chi connectivity index (χ3n) is 4.75. The molecule has 0 bridgehead atoms. The molecule has 2 aromatic carbocycles. The molecule has 0 aliphatic carbocycles. The number of hydrogen-bond acceptors (Lipinski definition) is 4. The smallest absolute Gasteiger partial charge is 0.325 e. The van der Waals surface area contributed by atoms with Crippen molar-refractivity contribution >= 4 is 23.7 Å². The minimum Gasteiger partial charge on any atom is -0.489 e. The first-order chi connectivity index (χ1) is 12.7. The van der Waals surface area contributed by atoms with Gasteiger partial charge in [-0.05, 0) is 35.4 Å². The molecule has 2 aliphatic heterocycles. The molecule has 26 heavy (non-hydrogen) atoms. The van der Waals surface area contributed by atoms with Crippen molar-refractivity contribution in [3.63, 3.8) is 0 Å². The lowest BCUT2D eigenvalue weighted by atomic mass is 9.99. The van der Waals surface area contributed by atoms with Crippen LogP contribution in [0.4, 0.5) is 4.79 Å². The lowest BCUT2D eigenvalue weighted by Crippen LogP contribution is -2.46. The number of nitrogens with one attached hydrogen (secondary N) is 1. The summed E-state index contributed by atoms with van der Waals surface area (Å²) in [5.41, 5.74) is 1.28. The third-order valence-corrected chi connectivity index (χ3v) is 5.94. The predicted molar refractivity (Wildman–Crippen MR) is 101 cm³/mol. The summed E-state index contributed by atoms with van der Waals surface area (Å²) in [6, 6.07) is 17.2. The average Bonchev–Trinajstić information content (AvgIpc) is 3.22. The second-order valence-corrected chi connectivity index (χ2v) is 7.73. The van der Waals surface area contributed by atoms with E-state index in [-0.39, 0.29) is 18.5 Å². The van der Waals surface area contributed by atoms with Gasteiger partial charge in [-0.1, -0.05) is 42.5 Å². The van der Waals surface area contributed by atoms with Gasteiger partial charge in [0.25, 0.3) is 5.91 Å². The van der Waals surface area contributed by atoms with E-state index in [9.17, 15) is 9.59 Å². The number of benzene rings is 2. The van der Waals surface area contributed by atoms with Gasteiger partial charge in [0.1, 0.15) is 17.9 Å². The molecular weight excluding hydrogens is 348 g/mol. The highest BCUT2D eigenvalue weighted by atomic mass is 32.2. The number of amides is 3. The van der Waals surface area contributed by atoms with Crippen LogP contribution in [0.15, 0.2) is 54.6 Å². The lowest BCUT2D eigenvalue weighted by Gasteiger charge is -2.19. The van der Waals surface area contributed by atoms with Gasteiger partial charge in [0.15, 0.2) is 0 Å². The maximum atomic E-state index is 12.7. The molecule has 1 atom stereocenters.